The molecule has 1 aromatic rings. The van der Waals surface area contributed by atoms with Gasteiger partial charge in [-0.25, -0.2) is 4.79 Å². The van der Waals surface area contributed by atoms with E-state index in [1.54, 1.807) is 12.1 Å². The van der Waals surface area contributed by atoms with E-state index in [9.17, 15) is 4.79 Å². The zero-order valence-electron chi connectivity index (χ0n) is 14.5. The van der Waals surface area contributed by atoms with E-state index >= 15 is 0 Å². The number of rotatable bonds is 2. The molecule has 0 amide bonds. The van der Waals surface area contributed by atoms with Gasteiger partial charge in [0.2, 0.25) is 0 Å². The molecule has 1 aromatic carbocycles. The number of hydrogen-bond acceptors (Lipinski definition) is 4. The normalized spacial score (nSPS) is 33.3. The second-order valence-corrected chi connectivity index (χ2v) is 8.45. The van der Waals surface area contributed by atoms with Gasteiger partial charge in [-0.15, -0.1) is 0 Å². The largest absolute Gasteiger partial charge is 0.459 e. The van der Waals surface area contributed by atoms with Crippen molar-refractivity contribution in [3.05, 3.63) is 35.9 Å². The van der Waals surface area contributed by atoms with E-state index in [0.717, 1.165) is 38.9 Å². The minimum Gasteiger partial charge on any atom is -0.459 e. The Balaban J connectivity index is 1.33. The van der Waals surface area contributed by atoms with Gasteiger partial charge < -0.3 is 14.2 Å². The summed E-state index contributed by atoms with van der Waals surface area (Å²) in [4.78, 5) is 12.2. The Morgan fingerprint density at radius 3 is 2.21 bits per heavy atom. The molecule has 2 saturated carbocycles. The lowest BCUT2D eigenvalue weighted by Crippen LogP contribution is -2.46. The lowest BCUT2D eigenvalue weighted by atomic mass is 9.94. The third-order valence-corrected chi connectivity index (χ3v) is 5.68. The summed E-state index contributed by atoms with van der Waals surface area (Å²) >= 11 is 0. The van der Waals surface area contributed by atoms with Crippen molar-refractivity contribution in [3.63, 3.8) is 0 Å². The van der Waals surface area contributed by atoms with Crippen LogP contribution in [0.25, 0.3) is 0 Å². The summed E-state index contributed by atoms with van der Waals surface area (Å²) < 4.78 is 18.0. The Labute approximate surface area is 143 Å². The highest BCUT2D eigenvalue weighted by Crippen LogP contribution is 2.53. The fourth-order valence-electron chi connectivity index (χ4n) is 4.40. The average Bonchev–Trinajstić information content (AvgIpc) is 3.07. The molecule has 1 aliphatic heterocycles. The van der Waals surface area contributed by atoms with Gasteiger partial charge in [-0.3, -0.25) is 0 Å². The minimum absolute atomic E-state index is 0.0325. The zero-order chi connectivity index (χ0) is 16.8. The fourth-order valence-corrected chi connectivity index (χ4v) is 4.40. The van der Waals surface area contributed by atoms with E-state index in [4.69, 9.17) is 14.2 Å². The van der Waals surface area contributed by atoms with E-state index in [-0.39, 0.29) is 23.3 Å². The van der Waals surface area contributed by atoms with Crippen LogP contribution in [0, 0.1) is 17.3 Å². The number of carbonyl (C=O) groups is 1. The Hall–Kier alpha value is -1.39. The quantitative estimate of drug-likeness (QED) is 0.774. The molecular formula is C20H26O4. The number of hydrogen-bond donors (Lipinski definition) is 0. The van der Waals surface area contributed by atoms with Gasteiger partial charge in [0.15, 0.2) is 5.79 Å². The van der Waals surface area contributed by atoms with Crippen LogP contribution in [0.3, 0.4) is 0 Å². The van der Waals surface area contributed by atoms with Crippen molar-refractivity contribution in [1.82, 2.24) is 0 Å². The van der Waals surface area contributed by atoms with E-state index in [2.05, 4.69) is 13.8 Å². The molecule has 3 atom stereocenters. The molecule has 2 aliphatic carbocycles. The van der Waals surface area contributed by atoms with Gasteiger partial charge in [0.25, 0.3) is 0 Å². The van der Waals surface area contributed by atoms with Crippen molar-refractivity contribution in [2.45, 2.75) is 51.4 Å². The third-order valence-electron chi connectivity index (χ3n) is 5.68. The SMILES string of the molecule is CC1(C)COC2(C[C@H]3CC(OC(=O)c4ccccc4)C[C@H]3C2)OC1. The van der Waals surface area contributed by atoms with Crippen LogP contribution in [-0.4, -0.2) is 31.1 Å². The second kappa shape index (κ2) is 5.85. The van der Waals surface area contributed by atoms with Gasteiger partial charge in [-0.2, -0.15) is 0 Å². The summed E-state index contributed by atoms with van der Waals surface area (Å²) in [5.74, 6) is 0.501. The first-order valence-corrected chi connectivity index (χ1v) is 8.99. The number of fused-ring (bicyclic) bond motifs is 1. The smallest absolute Gasteiger partial charge is 0.338 e. The first-order valence-electron chi connectivity index (χ1n) is 8.99. The van der Waals surface area contributed by atoms with Gasteiger partial charge in [0, 0.05) is 18.3 Å². The molecule has 4 nitrogen and oxygen atoms in total. The molecule has 1 spiro atoms. The Bertz CT molecular complexity index is 583. The van der Waals surface area contributed by atoms with Crippen LogP contribution < -0.4 is 0 Å². The van der Waals surface area contributed by atoms with Crippen molar-refractivity contribution in [3.8, 4) is 0 Å². The van der Waals surface area contributed by atoms with Crippen molar-refractivity contribution >= 4 is 5.97 Å². The molecule has 1 saturated heterocycles. The third kappa shape index (κ3) is 3.09. The molecular weight excluding hydrogens is 304 g/mol. The van der Waals surface area contributed by atoms with E-state index in [1.165, 1.54) is 0 Å². The summed E-state index contributed by atoms with van der Waals surface area (Å²) in [5.41, 5.74) is 0.740. The van der Waals surface area contributed by atoms with Crippen LogP contribution >= 0.6 is 0 Å². The van der Waals surface area contributed by atoms with Gasteiger partial charge in [-0.1, -0.05) is 32.0 Å². The lowest BCUT2D eigenvalue weighted by molar-refractivity contribution is -0.297. The topological polar surface area (TPSA) is 44.8 Å². The van der Waals surface area contributed by atoms with Crippen molar-refractivity contribution in [1.29, 1.82) is 0 Å². The fraction of sp³-hybridized carbons (Fsp3) is 0.650. The summed E-state index contributed by atoms with van der Waals surface area (Å²) in [6.45, 7) is 5.88. The van der Waals surface area contributed by atoms with Gasteiger partial charge >= 0.3 is 5.97 Å². The first-order chi connectivity index (χ1) is 11.4. The van der Waals surface area contributed by atoms with Crippen molar-refractivity contribution in [2.24, 2.45) is 17.3 Å². The van der Waals surface area contributed by atoms with Crippen LogP contribution in [0.2, 0.25) is 0 Å². The minimum atomic E-state index is -0.376. The maximum Gasteiger partial charge on any atom is 0.338 e. The van der Waals surface area contributed by atoms with Crippen LogP contribution in [-0.2, 0) is 14.2 Å². The Kier molecular flexibility index (Phi) is 3.92. The predicted octanol–water partition coefficient (Wildman–Crippen LogP) is 3.80. The predicted molar refractivity (Wildman–Crippen MR) is 89.5 cm³/mol. The van der Waals surface area contributed by atoms with Crippen molar-refractivity contribution in [2.75, 3.05) is 13.2 Å². The Morgan fingerprint density at radius 2 is 1.62 bits per heavy atom. The van der Waals surface area contributed by atoms with Gasteiger partial charge in [0.05, 0.1) is 18.8 Å². The average molecular weight is 330 g/mol. The summed E-state index contributed by atoms with van der Waals surface area (Å²) in [6.07, 6.45) is 3.77. The van der Waals surface area contributed by atoms with E-state index in [1.807, 2.05) is 18.2 Å². The number of esters is 1. The molecule has 4 rings (SSSR count). The van der Waals surface area contributed by atoms with E-state index in [0.29, 0.717) is 17.4 Å². The molecule has 3 aliphatic rings. The molecule has 24 heavy (non-hydrogen) atoms. The molecule has 0 aromatic heterocycles. The second-order valence-electron chi connectivity index (χ2n) is 8.45. The van der Waals surface area contributed by atoms with Crippen molar-refractivity contribution < 1.29 is 19.0 Å². The number of carbonyl (C=O) groups excluding carboxylic acids is 1. The number of benzene rings is 1. The van der Waals surface area contributed by atoms with Crippen LogP contribution in [0.1, 0.15) is 49.9 Å². The number of ether oxygens (including phenoxy) is 3. The molecule has 1 heterocycles. The van der Waals surface area contributed by atoms with E-state index < -0.39 is 0 Å². The van der Waals surface area contributed by atoms with Crippen LogP contribution in [0.15, 0.2) is 30.3 Å². The van der Waals surface area contributed by atoms with Crippen LogP contribution in [0.4, 0.5) is 0 Å². The highest BCUT2D eigenvalue weighted by atomic mass is 16.7. The molecule has 1 unspecified atom stereocenters. The van der Waals surface area contributed by atoms with Crippen LogP contribution in [0.5, 0.6) is 0 Å². The molecule has 130 valence electrons. The molecule has 0 radical (unpaired) electrons. The maximum atomic E-state index is 12.2. The monoisotopic (exact) mass is 330 g/mol. The summed E-state index contributed by atoms with van der Waals surface area (Å²) in [5, 5.41) is 0. The highest BCUT2D eigenvalue weighted by Gasteiger charge is 2.54. The zero-order valence-corrected chi connectivity index (χ0v) is 14.5. The molecule has 4 heteroatoms. The maximum absolute atomic E-state index is 12.2. The standard InChI is InChI=1S/C20H26O4/c1-19(2)12-22-20(23-13-19)10-15-8-17(9-16(15)11-20)24-18(21)14-6-4-3-5-7-14/h3-7,15-17H,8-13H2,1-2H3/t15-,16+,17?. The highest BCUT2D eigenvalue weighted by molar-refractivity contribution is 5.89. The van der Waals surface area contributed by atoms with Gasteiger partial charge in [0.1, 0.15) is 6.10 Å². The summed E-state index contributed by atoms with van der Waals surface area (Å²) in [7, 11) is 0. The molecule has 0 bridgehead atoms. The first kappa shape index (κ1) is 16.1. The Morgan fingerprint density at radius 1 is 1.04 bits per heavy atom. The van der Waals surface area contributed by atoms with Gasteiger partial charge in [-0.05, 0) is 36.8 Å². The summed E-state index contributed by atoms with van der Waals surface area (Å²) in [6, 6.07) is 9.24. The molecule has 0 N–H and O–H groups in total. The lowest BCUT2D eigenvalue weighted by Gasteiger charge is -2.42. The molecule has 3 fully saturated rings.